The summed E-state index contributed by atoms with van der Waals surface area (Å²) in [5.41, 5.74) is 0. The van der Waals surface area contributed by atoms with Gasteiger partial charge in [-0.2, -0.15) is 0 Å². The van der Waals surface area contributed by atoms with Gasteiger partial charge in [-0.3, -0.25) is 0 Å². The quantitative estimate of drug-likeness (QED) is 0.667. The molecule has 5 nitrogen and oxygen atoms in total. The van der Waals surface area contributed by atoms with Crippen LogP contribution in [0, 0.1) is 0 Å². The fourth-order valence-corrected chi connectivity index (χ4v) is 1.59. The largest absolute Gasteiger partial charge is 0.480 e. The van der Waals surface area contributed by atoms with E-state index in [0.29, 0.717) is 19.5 Å². The Kier molecular flexibility index (Phi) is 9.06. The summed E-state index contributed by atoms with van der Waals surface area (Å²) in [5, 5.41) is 11.5. The highest BCUT2D eigenvalue weighted by Crippen LogP contribution is 2.01. The van der Waals surface area contributed by atoms with Crippen molar-refractivity contribution in [1.29, 1.82) is 0 Å². The molecular weight excluding hydrogens is 232 g/mol. The standard InChI is InChI=1S/C13H26N2O3/c1-4-7-9-15(10-8-5-2)13(18)14-11(6-3)12(16)17/h11H,4-10H2,1-3H3,(H,14,18)(H,16,17)/t11-/m1/s1. The normalized spacial score (nSPS) is 11.9. The van der Waals surface area contributed by atoms with Crippen molar-refractivity contribution in [2.75, 3.05) is 13.1 Å². The number of aliphatic carboxylic acids is 1. The van der Waals surface area contributed by atoms with Crippen LogP contribution in [-0.2, 0) is 4.79 Å². The number of rotatable bonds is 9. The first-order valence-corrected chi connectivity index (χ1v) is 6.84. The molecule has 0 heterocycles. The van der Waals surface area contributed by atoms with Gasteiger partial charge in [0.1, 0.15) is 6.04 Å². The number of nitrogens with one attached hydrogen (secondary N) is 1. The van der Waals surface area contributed by atoms with Gasteiger partial charge in [-0.25, -0.2) is 9.59 Å². The average Bonchev–Trinajstić information content (AvgIpc) is 2.35. The molecule has 106 valence electrons. The number of nitrogens with zero attached hydrogens (tertiary/aromatic N) is 1. The molecule has 0 aliphatic heterocycles. The van der Waals surface area contributed by atoms with E-state index in [1.165, 1.54) is 0 Å². The maximum atomic E-state index is 12.0. The zero-order valence-electron chi connectivity index (χ0n) is 11.7. The maximum absolute atomic E-state index is 12.0. The highest BCUT2D eigenvalue weighted by Gasteiger charge is 2.20. The van der Waals surface area contributed by atoms with Crippen molar-refractivity contribution in [3.63, 3.8) is 0 Å². The molecule has 0 aromatic rings. The molecule has 18 heavy (non-hydrogen) atoms. The van der Waals surface area contributed by atoms with E-state index in [1.54, 1.807) is 11.8 Å². The van der Waals surface area contributed by atoms with Crippen LogP contribution in [0.4, 0.5) is 4.79 Å². The maximum Gasteiger partial charge on any atom is 0.326 e. The third kappa shape index (κ3) is 6.47. The van der Waals surface area contributed by atoms with Crippen molar-refractivity contribution in [3.05, 3.63) is 0 Å². The molecule has 0 aromatic carbocycles. The number of carbonyl (C=O) groups excluding carboxylic acids is 1. The van der Waals surface area contributed by atoms with Crippen LogP contribution in [0.2, 0.25) is 0 Å². The molecule has 0 saturated carbocycles. The SMILES string of the molecule is CCCCN(CCCC)C(=O)N[C@H](CC)C(=O)O. The Morgan fingerprint density at radius 1 is 1.11 bits per heavy atom. The second kappa shape index (κ2) is 9.74. The van der Waals surface area contributed by atoms with Gasteiger partial charge in [0.2, 0.25) is 0 Å². The van der Waals surface area contributed by atoms with Crippen molar-refractivity contribution in [3.8, 4) is 0 Å². The zero-order valence-corrected chi connectivity index (χ0v) is 11.7. The van der Waals surface area contributed by atoms with Crippen molar-refractivity contribution in [2.45, 2.75) is 58.9 Å². The summed E-state index contributed by atoms with van der Waals surface area (Å²) in [6.07, 6.45) is 4.33. The smallest absolute Gasteiger partial charge is 0.326 e. The van der Waals surface area contributed by atoms with Crippen molar-refractivity contribution < 1.29 is 14.7 Å². The Morgan fingerprint density at radius 3 is 1.94 bits per heavy atom. The minimum absolute atomic E-state index is 0.258. The molecule has 2 N–H and O–H groups in total. The Balaban J connectivity index is 4.37. The predicted octanol–water partition coefficient (Wildman–Crippen LogP) is 2.46. The summed E-state index contributed by atoms with van der Waals surface area (Å²) in [6.45, 7) is 7.28. The fourth-order valence-electron chi connectivity index (χ4n) is 1.59. The van der Waals surface area contributed by atoms with Crippen LogP contribution >= 0.6 is 0 Å². The van der Waals surface area contributed by atoms with Crippen LogP contribution in [0.25, 0.3) is 0 Å². The third-order valence-electron chi connectivity index (χ3n) is 2.85. The lowest BCUT2D eigenvalue weighted by molar-refractivity contribution is -0.139. The molecule has 0 aromatic heterocycles. The minimum atomic E-state index is -0.975. The van der Waals surface area contributed by atoms with Crippen molar-refractivity contribution >= 4 is 12.0 Å². The van der Waals surface area contributed by atoms with Gasteiger partial charge < -0.3 is 15.3 Å². The highest BCUT2D eigenvalue weighted by atomic mass is 16.4. The zero-order chi connectivity index (χ0) is 14.0. The number of carboxylic acids is 1. The first kappa shape index (κ1) is 16.7. The monoisotopic (exact) mass is 258 g/mol. The first-order valence-electron chi connectivity index (χ1n) is 6.84. The van der Waals surface area contributed by atoms with Crippen LogP contribution < -0.4 is 5.32 Å². The Morgan fingerprint density at radius 2 is 1.61 bits per heavy atom. The van der Waals surface area contributed by atoms with E-state index in [9.17, 15) is 9.59 Å². The Bertz CT molecular complexity index is 249. The molecule has 0 radical (unpaired) electrons. The lowest BCUT2D eigenvalue weighted by Crippen LogP contribution is -2.48. The minimum Gasteiger partial charge on any atom is -0.480 e. The van der Waals surface area contributed by atoms with Gasteiger partial charge in [-0.1, -0.05) is 33.6 Å². The van der Waals surface area contributed by atoms with Crippen molar-refractivity contribution in [1.82, 2.24) is 10.2 Å². The average molecular weight is 258 g/mol. The van der Waals surface area contributed by atoms with E-state index in [0.717, 1.165) is 25.7 Å². The number of urea groups is 1. The number of amides is 2. The van der Waals surface area contributed by atoms with E-state index in [1.807, 2.05) is 0 Å². The summed E-state index contributed by atoms with van der Waals surface area (Å²) < 4.78 is 0. The Labute approximate surface area is 110 Å². The van der Waals surface area contributed by atoms with Crippen LogP contribution in [0.1, 0.15) is 52.9 Å². The molecular formula is C13H26N2O3. The summed E-state index contributed by atoms with van der Waals surface area (Å²) in [7, 11) is 0. The van der Waals surface area contributed by atoms with Gasteiger partial charge in [0.25, 0.3) is 0 Å². The molecule has 0 rings (SSSR count). The molecule has 0 unspecified atom stereocenters. The highest BCUT2D eigenvalue weighted by molar-refractivity contribution is 5.82. The lowest BCUT2D eigenvalue weighted by atomic mass is 10.2. The van der Waals surface area contributed by atoms with Gasteiger partial charge in [0.05, 0.1) is 0 Å². The van der Waals surface area contributed by atoms with E-state index in [-0.39, 0.29) is 6.03 Å². The van der Waals surface area contributed by atoms with Gasteiger partial charge >= 0.3 is 12.0 Å². The first-order chi connectivity index (χ1) is 8.56. The molecule has 1 atom stereocenters. The topological polar surface area (TPSA) is 69.6 Å². The van der Waals surface area contributed by atoms with E-state index in [2.05, 4.69) is 19.2 Å². The van der Waals surface area contributed by atoms with Crippen LogP contribution in [0.5, 0.6) is 0 Å². The van der Waals surface area contributed by atoms with Gasteiger partial charge in [0.15, 0.2) is 0 Å². The van der Waals surface area contributed by atoms with Gasteiger partial charge in [-0.05, 0) is 19.3 Å². The molecule has 0 bridgehead atoms. The molecule has 0 fully saturated rings. The number of hydrogen-bond acceptors (Lipinski definition) is 2. The number of carbonyl (C=O) groups is 2. The summed E-state index contributed by atoms with van der Waals surface area (Å²) in [5.74, 6) is -0.975. The number of hydrogen-bond donors (Lipinski definition) is 2. The third-order valence-corrected chi connectivity index (χ3v) is 2.85. The predicted molar refractivity (Wildman–Crippen MR) is 71.6 cm³/mol. The van der Waals surface area contributed by atoms with Gasteiger partial charge in [0, 0.05) is 13.1 Å². The molecule has 0 spiro atoms. The summed E-state index contributed by atoms with van der Waals surface area (Å²) in [6, 6.07) is -1.05. The summed E-state index contributed by atoms with van der Waals surface area (Å²) in [4.78, 5) is 24.6. The van der Waals surface area contributed by atoms with E-state index >= 15 is 0 Å². The lowest BCUT2D eigenvalue weighted by Gasteiger charge is -2.24. The van der Waals surface area contributed by atoms with Crippen LogP contribution in [0.3, 0.4) is 0 Å². The van der Waals surface area contributed by atoms with Crippen molar-refractivity contribution in [2.24, 2.45) is 0 Å². The summed E-state index contributed by atoms with van der Waals surface area (Å²) >= 11 is 0. The van der Waals surface area contributed by atoms with Crippen LogP contribution in [0.15, 0.2) is 0 Å². The molecule has 0 saturated heterocycles. The van der Waals surface area contributed by atoms with E-state index in [4.69, 9.17) is 5.11 Å². The second-order valence-electron chi connectivity index (χ2n) is 4.44. The fraction of sp³-hybridized carbons (Fsp3) is 0.846. The molecule has 5 heteroatoms. The second-order valence-corrected chi connectivity index (χ2v) is 4.44. The van der Waals surface area contributed by atoms with Crippen LogP contribution in [-0.4, -0.2) is 41.1 Å². The Hall–Kier alpha value is -1.26. The number of unbranched alkanes of at least 4 members (excludes halogenated alkanes) is 2. The van der Waals surface area contributed by atoms with E-state index < -0.39 is 12.0 Å². The molecule has 2 amide bonds. The number of carboxylic acid groups (broad SMARTS) is 1. The van der Waals surface area contributed by atoms with Gasteiger partial charge in [-0.15, -0.1) is 0 Å². The molecule has 0 aliphatic carbocycles. The molecule has 0 aliphatic rings.